The Balaban J connectivity index is 1.45. The second kappa shape index (κ2) is 10.4. The van der Waals surface area contributed by atoms with Crippen LogP contribution >= 0.6 is 24.0 Å². The van der Waals surface area contributed by atoms with E-state index in [9.17, 15) is 0 Å². The van der Waals surface area contributed by atoms with E-state index in [-0.39, 0.29) is 0 Å². The maximum atomic E-state index is 5.46. The first-order chi connectivity index (χ1) is 15.2. The van der Waals surface area contributed by atoms with Gasteiger partial charge in [0.2, 0.25) is 5.95 Å². The molecule has 0 saturated carbocycles. The molecule has 8 nitrogen and oxygen atoms in total. The van der Waals surface area contributed by atoms with Gasteiger partial charge < -0.3 is 20.3 Å². The Morgan fingerprint density at radius 3 is 2.58 bits per heavy atom. The zero-order chi connectivity index (χ0) is 21.5. The molecule has 1 aliphatic heterocycles. The zero-order valence-corrected chi connectivity index (χ0v) is 18.7. The number of hydrogen-bond acceptors (Lipinski definition) is 8. The van der Waals surface area contributed by atoms with Gasteiger partial charge >= 0.3 is 0 Å². The number of rotatable bonds is 7. The van der Waals surface area contributed by atoms with Crippen molar-refractivity contribution in [3.8, 4) is 5.75 Å². The monoisotopic (exact) mass is 453 g/mol. The highest BCUT2D eigenvalue weighted by Gasteiger charge is 2.17. The molecule has 1 saturated heterocycles. The van der Waals surface area contributed by atoms with Gasteiger partial charge in [-0.3, -0.25) is 0 Å². The highest BCUT2D eigenvalue weighted by Crippen LogP contribution is 2.28. The molecule has 3 heterocycles. The van der Waals surface area contributed by atoms with Crippen LogP contribution in [-0.4, -0.2) is 45.2 Å². The number of nitrogens with one attached hydrogen (secondary N) is 2. The van der Waals surface area contributed by atoms with Crippen LogP contribution in [0.25, 0.3) is 0 Å². The first-order valence-electron chi connectivity index (χ1n) is 9.96. The van der Waals surface area contributed by atoms with Crippen LogP contribution in [0.5, 0.6) is 5.75 Å². The lowest BCUT2D eigenvalue weighted by Crippen LogP contribution is -2.29. The van der Waals surface area contributed by atoms with Gasteiger partial charge in [-0.2, -0.15) is 4.98 Å². The van der Waals surface area contributed by atoms with Crippen molar-refractivity contribution < 1.29 is 4.74 Å². The molecule has 2 aromatic heterocycles. The molecule has 4 rings (SSSR count). The summed E-state index contributed by atoms with van der Waals surface area (Å²) in [5.41, 5.74) is 1.09. The Morgan fingerprint density at radius 2 is 1.87 bits per heavy atom. The molecule has 2 N–H and O–H groups in total. The fraction of sp³-hybridized carbons (Fsp3) is 0.286. The van der Waals surface area contributed by atoms with Crippen molar-refractivity contribution in [2.45, 2.75) is 29.6 Å². The van der Waals surface area contributed by atoms with Crippen molar-refractivity contribution in [2.75, 3.05) is 30.4 Å². The number of anilines is 2. The van der Waals surface area contributed by atoms with Crippen molar-refractivity contribution in [1.82, 2.24) is 25.3 Å². The maximum Gasteiger partial charge on any atom is 0.232 e. The van der Waals surface area contributed by atoms with Gasteiger partial charge in [0, 0.05) is 38.1 Å². The summed E-state index contributed by atoms with van der Waals surface area (Å²) >= 11 is 6.86. The van der Waals surface area contributed by atoms with E-state index in [0.29, 0.717) is 22.8 Å². The molecule has 31 heavy (non-hydrogen) atoms. The number of benzene rings is 1. The first kappa shape index (κ1) is 21.3. The van der Waals surface area contributed by atoms with E-state index in [2.05, 4.69) is 35.5 Å². The molecule has 3 aromatic rings. The topological polar surface area (TPSA) is 88.1 Å². The van der Waals surface area contributed by atoms with Crippen molar-refractivity contribution in [3.63, 3.8) is 0 Å². The predicted molar refractivity (Wildman–Crippen MR) is 126 cm³/mol. The zero-order valence-electron chi connectivity index (χ0n) is 17.1. The fourth-order valence-electron chi connectivity index (χ4n) is 3.13. The minimum absolute atomic E-state index is 0.454. The van der Waals surface area contributed by atoms with Crippen LogP contribution in [0.4, 0.5) is 11.8 Å². The van der Waals surface area contributed by atoms with Crippen molar-refractivity contribution in [3.05, 3.63) is 54.4 Å². The van der Waals surface area contributed by atoms with Crippen LogP contribution in [0.2, 0.25) is 0 Å². The van der Waals surface area contributed by atoms with Gasteiger partial charge in [-0.25, -0.2) is 15.0 Å². The van der Waals surface area contributed by atoms with E-state index < -0.39 is 0 Å². The Labute approximate surface area is 190 Å². The second-order valence-corrected chi connectivity index (χ2v) is 8.27. The lowest BCUT2D eigenvalue weighted by molar-refractivity contribution is 0.414. The van der Waals surface area contributed by atoms with Crippen LogP contribution in [0.3, 0.4) is 0 Å². The van der Waals surface area contributed by atoms with Crippen LogP contribution in [0, 0.1) is 0 Å². The van der Waals surface area contributed by atoms with Gasteiger partial charge in [-0.15, -0.1) is 0 Å². The third-order valence-corrected chi connectivity index (χ3v) is 5.75. The molecular weight excluding hydrogens is 430 g/mol. The van der Waals surface area contributed by atoms with Gasteiger partial charge in [0.1, 0.15) is 16.6 Å². The molecule has 0 unspecified atom stereocenters. The van der Waals surface area contributed by atoms with Gasteiger partial charge in [-0.1, -0.05) is 12.1 Å². The third kappa shape index (κ3) is 6.02. The van der Waals surface area contributed by atoms with E-state index in [1.807, 2.05) is 30.3 Å². The fourth-order valence-corrected chi connectivity index (χ4v) is 4.01. The molecule has 0 radical (unpaired) electrons. The summed E-state index contributed by atoms with van der Waals surface area (Å²) in [6.07, 6.45) is 5.77. The van der Waals surface area contributed by atoms with Gasteiger partial charge in [-0.05, 0) is 60.6 Å². The average Bonchev–Trinajstić information content (AvgIpc) is 3.34. The Hall–Kier alpha value is -2.98. The normalized spacial score (nSPS) is 13.1. The van der Waals surface area contributed by atoms with E-state index in [0.717, 1.165) is 35.2 Å². The van der Waals surface area contributed by atoms with Gasteiger partial charge in [0.15, 0.2) is 10.3 Å². The van der Waals surface area contributed by atoms with Crippen LogP contribution < -0.4 is 20.3 Å². The lowest BCUT2D eigenvalue weighted by atomic mass is 10.2. The SMILES string of the molecule is COc1ccc(CNC(=S)Nc2nc(Sc3ncccn3)cc(N3CCCC3)n2)cc1. The highest BCUT2D eigenvalue weighted by molar-refractivity contribution is 7.99. The Kier molecular flexibility index (Phi) is 7.11. The number of hydrogen-bond donors (Lipinski definition) is 2. The molecule has 1 aromatic carbocycles. The summed E-state index contributed by atoms with van der Waals surface area (Å²) in [5.74, 6) is 2.16. The molecular formula is C21H23N7OS2. The minimum atomic E-state index is 0.454. The van der Waals surface area contributed by atoms with Gasteiger partial charge in [0.25, 0.3) is 0 Å². The second-order valence-electron chi connectivity index (χ2n) is 6.87. The quantitative estimate of drug-likeness (QED) is 0.315. The summed E-state index contributed by atoms with van der Waals surface area (Å²) in [7, 11) is 1.65. The molecule has 160 valence electrons. The molecule has 1 fully saturated rings. The number of thiocarbonyl (C=S) groups is 1. The van der Waals surface area contributed by atoms with Crippen molar-refractivity contribution >= 4 is 40.9 Å². The summed E-state index contributed by atoms with van der Waals surface area (Å²) < 4.78 is 5.19. The summed E-state index contributed by atoms with van der Waals surface area (Å²) in [5, 5.41) is 8.18. The third-order valence-electron chi connectivity index (χ3n) is 4.69. The summed E-state index contributed by atoms with van der Waals surface area (Å²) in [6.45, 7) is 2.56. The summed E-state index contributed by atoms with van der Waals surface area (Å²) in [4.78, 5) is 20.1. The number of aromatic nitrogens is 4. The van der Waals surface area contributed by atoms with Crippen LogP contribution in [-0.2, 0) is 6.54 Å². The standard InChI is InChI=1S/C21H23N7OS2/c1-29-16-7-5-15(6-8-16)14-24-20(30)27-19-25-17(28-11-2-3-12-28)13-18(26-19)31-21-22-9-4-10-23-21/h4-10,13H,2-3,11-12,14H2,1H3,(H2,24,25,26,27,30). The largest absolute Gasteiger partial charge is 0.497 e. The average molecular weight is 454 g/mol. The predicted octanol–water partition coefficient (Wildman–Crippen LogP) is 3.51. The van der Waals surface area contributed by atoms with Gasteiger partial charge in [0.05, 0.1) is 7.11 Å². The summed E-state index contributed by atoms with van der Waals surface area (Å²) in [6, 6.07) is 11.6. The Bertz CT molecular complexity index is 1010. The van der Waals surface area contributed by atoms with E-state index in [1.165, 1.54) is 24.6 Å². The van der Waals surface area contributed by atoms with Crippen LogP contribution in [0.15, 0.2) is 59.0 Å². The van der Waals surface area contributed by atoms with E-state index in [4.69, 9.17) is 17.0 Å². The highest BCUT2D eigenvalue weighted by atomic mass is 32.2. The lowest BCUT2D eigenvalue weighted by Gasteiger charge is -2.18. The first-order valence-corrected chi connectivity index (χ1v) is 11.2. The number of ether oxygens (including phenoxy) is 1. The Morgan fingerprint density at radius 1 is 1.13 bits per heavy atom. The molecule has 10 heteroatoms. The molecule has 0 spiro atoms. The molecule has 1 aliphatic rings. The minimum Gasteiger partial charge on any atom is -0.497 e. The number of nitrogens with zero attached hydrogens (tertiary/aromatic N) is 5. The molecule has 0 atom stereocenters. The smallest absolute Gasteiger partial charge is 0.232 e. The maximum absolute atomic E-state index is 5.46. The van der Waals surface area contributed by atoms with Crippen LogP contribution in [0.1, 0.15) is 18.4 Å². The van der Waals surface area contributed by atoms with Crippen molar-refractivity contribution in [1.29, 1.82) is 0 Å². The molecule has 0 bridgehead atoms. The van der Waals surface area contributed by atoms with E-state index in [1.54, 1.807) is 25.6 Å². The molecule has 0 aliphatic carbocycles. The molecule has 0 amide bonds. The number of methoxy groups -OCH3 is 1. The van der Waals surface area contributed by atoms with Crippen molar-refractivity contribution in [2.24, 2.45) is 0 Å². The van der Waals surface area contributed by atoms with E-state index >= 15 is 0 Å².